The molecule has 0 aliphatic rings. The molecule has 0 unspecified atom stereocenters. The molecule has 6 heteroatoms. The monoisotopic (exact) mass is 656 g/mol. The number of carbonyl (C=O) groups excluding carboxylic acids is 1. The molecule has 0 bridgehead atoms. The Morgan fingerprint density at radius 3 is 2.30 bits per heavy atom. The highest BCUT2D eigenvalue weighted by Gasteiger charge is 2.21. The third-order valence-electron chi connectivity index (χ3n) is 3.35. The van der Waals surface area contributed by atoms with Crippen LogP contribution in [0.1, 0.15) is 62.7 Å². The van der Waals surface area contributed by atoms with Crippen molar-refractivity contribution >= 4 is 73.7 Å². The predicted octanol–water partition coefficient (Wildman–Crippen LogP) is 6.42. The number of halogens is 3. The number of unbranched alkanes of at least 4 members (excludes halogenated alkanes) is 5. The quantitative estimate of drug-likeness (QED) is 0.166. The number of hydrogen-bond donors (Lipinski definition) is 0. The van der Waals surface area contributed by atoms with Gasteiger partial charge in [0.15, 0.2) is 0 Å². The lowest BCUT2D eigenvalue weighted by Crippen LogP contribution is -2.12. The number of rotatable bonds is 10. The fraction of sp³-hybridized carbons (Fsp3) is 0.588. The third kappa shape index (κ3) is 7.21. The molecule has 23 heavy (non-hydrogen) atoms. The van der Waals surface area contributed by atoms with Gasteiger partial charge in [-0.1, -0.05) is 39.0 Å². The van der Waals surface area contributed by atoms with Crippen LogP contribution in [0.2, 0.25) is 0 Å². The van der Waals surface area contributed by atoms with E-state index in [1.165, 1.54) is 32.1 Å². The number of benzene rings is 1. The number of hydrogen-bond acceptors (Lipinski definition) is 3. The van der Waals surface area contributed by atoms with Gasteiger partial charge in [-0.2, -0.15) is 0 Å². The van der Waals surface area contributed by atoms with Crippen LogP contribution in [0.3, 0.4) is 0 Å². The fourth-order valence-corrected chi connectivity index (χ4v) is 6.27. The van der Waals surface area contributed by atoms with E-state index in [0.29, 0.717) is 18.8 Å². The van der Waals surface area contributed by atoms with E-state index in [9.17, 15) is 4.79 Å². The van der Waals surface area contributed by atoms with E-state index in [1.54, 1.807) is 0 Å². The Hall–Kier alpha value is 0.680. The molecule has 0 fully saturated rings. The van der Waals surface area contributed by atoms with E-state index in [1.807, 2.05) is 13.0 Å². The van der Waals surface area contributed by atoms with Crippen LogP contribution in [0.5, 0.6) is 5.75 Å². The predicted molar refractivity (Wildman–Crippen MR) is 119 cm³/mol. The molecule has 0 amide bonds. The summed E-state index contributed by atoms with van der Waals surface area (Å²) in [6.45, 7) is 5.12. The van der Waals surface area contributed by atoms with Crippen LogP contribution in [-0.4, -0.2) is 19.2 Å². The topological polar surface area (TPSA) is 35.5 Å². The number of carbonyl (C=O) groups is 1. The van der Waals surface area contributed by atoms with Crippen LogP contribution in [-0.2, 0) is 4.74 Å². The summed E-state index contributed by atoms with van der Waals surface area (Å²) in [6, 6.07) is 1.98. The second-order valence-electron chi connectivity index (χ2n) is 5.20. The first-order chi connectivity index (χ1) is 11.0. The van der Waals surface area contributed by atoms with E-state index in [0.717, 1.165) is 22.9 Å². The second-order valence-corrected chi connectivity index (χ2v) is 8.60. The molecule has 3 nitrogen and oxygen atoms in total. The molecule has 0 heterocycles. The van der Waals surface area contributed by atoms with Crippen molar-refractivity contribution in [3.8, 4) is 5.75 Å². The van der Waals surface area contributed by atoms with Crippen molar-refractivity contribution < 1.29 is 14.3 Å². The molecule has 0 N–H and O–H groups in total. The summed E-state index contributed by atoms with van der Waals surface area (Å²) < 4.78 is 13.9. The lowest BCUT2D eigenvalue weighted by atomic mass is 10.1. The minimum Gasteiger partial charge on any atom is -0.491 e. The average Bonchev–Trinajstić information content (AvgIpc) is 2.49. The van der Waals surface area contributed by atoms with Gasteiger partial charge in [0.2, 0.25) is 0 Å². The molecular weight excluding hydrogens is 633 g/mol. The highest BCUT2D eigenvalue weighted by atomic mass is 127. The van der Waals surface area contributed by atoms with Crippen LogP contribution >= 0.6 is 67.8 Å². The Kier molecular flexibility index (Phi) is 11.4. The minimum absolute atomic E-state index is 0.276. The SMILES string of the molecule is CCCCCCCCOc1c(I)cc(I)c(C(=O)OCC)c1I. The molecule has 0 aliphatic carbocycles. The molecule has 0 aliphatic heterocycles. The van der Waals surface area contributed by atoms with Crippen LogP contribution in [0.4, 0.5) is 0 Å². The van der Waals surface area contributed by atoms with E-state index < -0.39 is 0 Å². The first-order valence-electron chi connectivity index (χ1n) is 8.00. The summed E-state index contributed by atoms with van der Waals surface area (Å²) in [5, 5.41) is 0. The van der Waals surface area contributed by atoms with Gasteiger partial charge in [-0.05, 0) is 87.2 Å². The Morgan fingerprint density at radius 1 is 1.00 bits per heavy atom. The normalized spacial score (nSPS) is 10.7. The van der Waals surface area contributed by atoms with Gasteiger partial charge < -0.3 is 9.47 Å². The molecule has 1 rings (SSSR count). The molecule has 0 spiro atoms. The van der Waals surface area contributed by atoms with E-state index in [2.05, 4.69) is 74.7 Å². The van der Waals surface area contributed by atoms with Gasteiger partial charge in [0.25, 0.3) is 0 Å². The van der Waals surface area contributed by atoms with Crippen molar-refractivity contribution in [2.45, 2.75) is 52.4 Å². The molecule has 130 valence electrons. The van der Waals surface area contributed by atoms with Crippen molar-refractivity contribution in [2.75, 3.05) is 13.2 Å². The van der Waals surface area contributed by atoms with Crippen LogP contribution in [0.25, 0.3) is 0 Å². The zero-order chi connectivity index (χ0) is 17.2. The molecule has 0 saturated carbocycles. The summed E-state index contributed by atoms with van der Waals surface area (Å²) >= 11 is 6.64. The van der Waals surface area contributed by atoms with Crippen LogP contribution in [0.15, 0.2) is 6.07 Å². The highest BCUT2D eigenvalue weighted by molar-refractivity contribution is 14.1. The van der Waals surface area contributed by atoms with E-state index >= 15 is 0 Å². The molecule has 1 aromatic rings. The molecule has 0 aromatic heterocycles. The zero-order valence-corrected chi connectivity index (χ0v) is 20.1. The summed E-state index contributed by atoms with van der Waals surface area (Å²) in [5.74, 6) is 0.533. The summed E-state index contributed by atoms with van der Waals surface area (Å²) in [7, 11) is 0. The third-order valence-corrected chi connectivity index (χ3v) is 6.03. The molecule has 1 aromatic carbocycles. The van der Waals surface area contributed by atoms with Gasteiger partial charge in [0.05, 0.1) is 25.9 Å². The highest BCUT2D eigenvalue weighted by Crippen LogP contribution is 2.34. The molecular formula is C17H23I3O3. The summed E-state index contributed by atoms with van der Waals surface area (Å²) in [6.07, 6.45) is 7.41. The van der Waals surface area contributed by atoms with Crippen molar-refractivity contribution in [2.24, 2.45) is 0 Å². The standard InChI is InChI=1S/C17H23I3O3/c1-3-5-6-7-8-9-10-23-16-13(19)11-12(18)14(15(16)20)17(21)22-4-2/h11H,3-10H2,1-2H3. The maximum absolute atomic E-state index is 12.1. The Morgan fingerprint density at radius 2 is 1.65 bits per heavy atom. The number of esters is 1. The van der Waals surface area contributed by atoms with Crippen LogP contribution < -0.4 is 4.74 Å². The van der Waals surface area contributed by atoms with Gasteiger partial charge in [-0.25, -0.2) is 4.79 Å². The Labute approximate surface area is 180 Å². The number of ether oxygens (including phenoxy) is 2. The maximum Gasteiger partial charge on any atom is 0.340 e. The van der Waals surface area contributed by atoms with E-state index in [-0.39, 0.29) is 5.97 Å². The van der Waals surface area contributed by atoms with Gasteiger partial charge in [0, 0.05) is 3.57 Å². The Bertz CT molecular complexity index is 518. The van der Waals surface area contributed by atoms with Gasteiger partial charge in [0.1, 0.15) is 5.75 Å². The fourth-order valence-electron chi connectivity index (χ4n) is 2.15. The van der Waals surface area contributed by atoms with E-state index in [4.69, 9.17) is 9.47 Å². The first kappa shape index (κ1) is 21.7. The maximum atomic E-state index is 12.1. The lowest BCUT2D eigenvalue weighted by Gasteiger charge is -2.15. The summed E-state index contributed by atoms with van der Waals surface area (Å²) in [5.41, 5.74) is 0.617. The first-order valence-corrected chi connectivity index (χ1v) is 11.2. The van der Waals surface area contributed by atoms with Gasteiger partial charge in [-0.3, -0.25) is 0 Å². The van der Waals surface area contributed by atoms with Crippen molar-refractivity contribution in [1.82, 2.24) is 0 Å². The average molecular weight is 656 g/mol. The minimum atomic E-state index is -0.276. The van der Waals surface area contributed by atoms with Gasteiger partial charge in [-0.15, -0.1) is 0 Å². The molecule has 0 atom stereocenters. The largest absolute Gasteiger partial charge is 0.491 e. The lowest BCUT2D eigenvalue weighted by molar-refractivity contribution is 0.0523. The van der Waals surface area contributed by atoms with Crippen molar-refractivity contribution in [3.05, 3.63) is 22.3 Å². The van der Waals surface area contributed by atoms with Crippen molar-refractivity contribution in [1.29, 1.82) is 0 Å². The summed E-state index contributed by atoms with van der Waals surface area (Å²) in [4.78, 5) is 12.1. The smallest absolute Gasteiger partial charge is 0.340 e. The van der Waals surface area contributed by atoms with Gasteiger partial charge >= 0.3 is 5.97 Å². The van der Waals surface area contributed by atoms with Crippen LogP contribution in [0, 0.1) is 10.7 Å². The molecule has 0 radical (unpaired) electrons. The van der Waals surface area contributed by atoms with Crippen molar-refractivity contribution in [3.63, 3.8) is 0 Å². The second kappa shape index (κ2) is 12.1. The molecule has 0 saturated heterocycles. The zero-order valence-electron chi connectivity index (χ0n) is 13.6. The Balaban J connectivity index is 2.68.